The Morgan fingerprint density at radius 3 is 2.65 bits per heavy atom. The first-order chi connectivity index (χ1) is 7.90. The van der Waals surface area contributed by atoms with Gasteiger partial charge in [0.25, 0.3) is 0 Å². The number of rotatable bonds is 6. The molecule has 0 fully saturated rings. The minimum absolute atomic E-state index is 0.0417. The van der Waals surface area contributed by atoms with E-state index in [4.69, 9.17) is 11.6 Å². The number of hydrogen-bond acceptors (Lipinski definition) is 2. The molecule has 1 heterocycles. The van der Waals surface area contributed by atoms with Gasteiger partial charge in [0.1, 0.15) is 0 Å². The van der Waals surface area contributed by atoms with Gasteiger partial charge in [-0.3, -0.25) is 4.68 Å². The highest BCUT2D eigenvalue weighted by Gasteiger charge is 2.28. The van der Waals surface area contributed by atoms with Gasteiger partial charge in [-0.15, -0.1) is 0 Å². The van der Waals surface area contributed by atoms with Crippen LogP contribution in [-0.2, 0) is 5.41 Å². The maximum Gasteiger partial charge on any atom is 0.0823 e. The van der Waals surface area contributed by atoms with E-state index in [0.717, 1.165) is 30.2 Å². The Morgan fingerprint density at radius 1 is 1.47 bits per heavy atom. The molecule has 0 radical (unpaired) electrons. The third kappa shape index (κ3) is 3.46. The highest BCUT2D eigenvalue weighted by Crippen LogP contribution is 2.33. The van der Waals surface area contributed by atoms with Gasteiger partial charge in [-0.05, 0) is 33.4 Å². The van der Waals surface area contributed by atoms with E-state index in [1.54, 1.807) is 6.20 Å². The summed E-state index contributed by atoms with van der Waals surface area (Å²) in [6.07, 6.45) is 2.81. The zero-order valence-electron chi connectivity index (χ0n) is 11.5. The average Bonchev–Trinajstić information content (AvgIpc) is 2.61. The number of hydrogen-bond donors (Lipinski definition) is 1. The van der Waals surface area contributed by atoms with Gasteiger partial charge in [0.15, 0.2) is 0 Å². The highest BCUT2D eigenvalue weighted by molar-refractivity contribution is 6.31. The molecule has 1 aromatic rings. The first-order valence-electron chi connectivity index (χ1n) is 6.34. The van der Waals surface area contributed by atoms with Crippen LogP contribution in [0.5, 0.6) is 0 Å². The number of nitrogens with zero attached hydrogens (tertiary/aromatic N) is 2. The molecule has 0 saturated heterocycles. The predicted molar refractivity (Wildman–Crippen MR) is 73.8 cm³/mol. The van der Waals surface area contributed by atoms with Gasteiger partial charge < -0.3 is 5.32 Å². The summed E-state index contributed by atoms with van der Waals surface area (Å²) in [7, 11) is 0. The lowest BCUT2D eigenvalue weighted by Crippen LogP contribution is -2.28. The minimum Gasteiger partial charge on any atom is -0.317 e. The van der Waals surface area contributed by atoms with Crippen molar-refractivity contribution in [3.63, 3.8) is 0 Å². The lowest BCUT2D eigenvalue weighted by Gasteiger charge is -2.27. The minimum atomic E-state index is 0.0417. The van der Waals surface area contributed by atoms with Crippen LogP contribution in [0.4, 0.5) is 0 Å². The molecule has 0 spiro atoms. The van der Waals surface area contributed by atoms with E-state index < -0.39 is 0 Å². The molecule has 0 unspecified atom stereocenters. The second-order valence-corrected chi connectivity index (χ2v) is 5.77. The lowest BCUT2D eigenvalue weighted by molar-refractivity contribution is 0.395. The van der Waals surface area contributed by atoms with Crippen LogP contribution in [0, 0.1) is 0 Å². The van der Waals surface area contributed by atoms with Crippen LogP contribution in [-0.4, -0.2) is 22.9 Å². The van der Waals surface area contributed by atoms with Crippen molar-refractivity contribution < 1.29 is 0 Å². The van der Waals surface area contributed by atoms with E-state index in [1.165, 1.54) is 0 Å². The van der Waals surface area contributed by atoms with Gasteiger partial charge in [0.05, 0.1) is 16.9 Å². The molecule has 4 heteroatoms. The summed E-state index contributed by atoms with van der Waals surface area (Å²) >= 11 is 6.28. The van der Waals surface area contributed by atoms with Crippen molar-refractivity contribution in [2.45, 2.75) is 52.5 Å². The number of aromatic nitrogens is 2. The Hall–Kier alpha value is -0.540. The Kier molecular flexibility index (Phi) is 5.02. The molecule has 1 aromatic heterocycles. The Labute approximate surface area is 110 Å². The summed E-state index contributed by atoms with van der Waals surface area (Å²) in [6.45, 7) is 12.9. The first-order valence-corrected chi connectivity index (χ1v) is 6.72. The van der Waals surface area contributed by atoms with Crippen molar-refractivity contribution in [2.75, 3.05) is 13.1 Å². The van der Waals surface area contributed by atoms with Crippen molar-refractivity contribution >= 4 is 11.6 Å². The second kappa shape index (κ2) is 5.87. The fourth-order valence-electron chi connectivity index (χ4n) is 2.06. The summed E-state index contributed by atoms with van der Waals surface area (Å²) in [5.41, 5.74) is 1.19. The smallest absolute Gasteiger partial charge is 0.0823 e. The van der Waals surface area contributed by atoms with E-state index in [9.17, 15) is 0 Å². The van der Waals surface area contributed by atoms with Crippen LogP contribution in [0.25, 0.3) is 0 Å². The molecule has 3 nitrogen and oxygen atoms in total. The summed E-state index contributed by atoms with van der Waals surface area (Å²) < 4.78 is 2.04. The van der Waals surface area contributed by atoms with Gasteiger partial charge in [-0.2, -0.15) is 5.10 Å². The van der Waals surface area contributed by atoms with Crippen molar-refractivity contribution in [3.8, 4) is 0 Å². The third-order valence-electron chi connectivity index (χ3n) is 3.06. The SMILES string of the molecule is CCNCCC(C)(C)c1c(Cl)cnn1C(C)C. The summed E-state index contributed by atoms with van der Waals surface area (Å²) in [5, 5.41) is 8.51. The second-order valence-electron chi connectivity index (χ2n) is 5.37. The van der Waals surface area contributed by atoms with E-state index >= 15 is 0 Å². The lowest BCUT2D eigenvalue weighted by atomic mass is 9.85. The first kappa shape index (κ1) is 14.5. The van der Waals surface area contributed by atoms with Crippen LogP contribution >= 0.6 is 11.6 Å². The average molecular weight is 258 g/mol. The van der Waals surface area contributed by atoms with Crippen LogP contribution in [0.1, 0.15) is 52.8 Å². The van der Waals surface area contributed by atoms with Crippen LogP contribution in [0.15, 0.2) is 6.20 Å². The summed E-state index contributed by atoms with van der Waals surface area (Å²) in [4.78, 5) is 0. The molecule has 1 rings (SSSR count). The predicted octanol–water partition coefficient (Wildman–Crippen LogP) is 3.39. The van der Waals surface area contributed by atoms with Crippen molar-refractivity contribution in [2.24, 2.45) is 0 Å². The fraction of sp³-hybridized carbons (Fsp3) is 0.769. The molecule has 0 aliphatic rings. The Balaban J connectivity index is 2.92. The molecular weight excluding hydrogens is 234 g/mol. The maximum atomic E-state index is 6.28. The van der Waals surface area contributed by atoms with Crippen LogP contribution < -0.4 is 5.32 Å². The molecule has 0 amide bonds. The Morgan fingerprint density at radius 2 is 2.12 bits per heavy atom. The molecule has 0 bridgehead atoms. The van der Waals surface area contributed by atoms with Gasteiger partial charge in [0, 0.05) is 11.5 Å². The molecule has 17 heavy (non-hydrogen) atoms. The molecule has 0 atom stereocenters. The normalized spacial score (nSPS) is 12.4. The molecule has 0 aromatic carbocycles. The fourth-order valence-corrected chi connectivity index (χ4v) is 2.45. The van der Waals surface area contributed by atoms with Crippen molar-refractivity contribution in [3.05, 3.63) is 16.9 Å². The van der Waals surface area contributed by atoms with Crippen LogP contribution in [0.3, 0.4) is 0 Å². The highest BCUT2D eigenvalue weighted by atomic mass is 35.5. The maximum absolute atomic E-state index is 6.28. The van der Waals surface area contributed by atoms with Crippen molar-refractivity contribution in [1.29, 1.82) is 0 Å². The van der Waals surface area contributed by atoms with Gasteiger partial charge >= 0.3 is 0 Å². The van der Waals surface area contributed by atoms with Gasteiger partial charge in [-0.25, -0.2) is 0 Å². The monoisotopic (exact) mass is 257 g/mol. The Bertz CT molecular complexity index is 356. The van der Waals surface area contributed by atoms with E-state index in [2.05, 4.69) is 45.0 Å². The molecule has 0 aliphatic heterocycles. The zero-order valence-corrected chi connectivity index (χ0v) is 12.3. The summed E-state index contributed by atoms with van der Waals surface area (Å²) in [5.74, 6) is 0. The largest absolute Gasteiger partial charge is 0.317 e. The van der Waals surface area contributed by atoms with Crippen molar-refractivity contribution in [1.82, 2.24) is 15.1 Å². The zero-order chi connectivity index (χ0) is 13.1. The molecule has 0 saturated carbocycles. The van der Waals surface area contributed by atoms with E-state index in [0.29, 0.717) is 6.04 Å². The van der Waals surface area contributed by atoms with E-state index in [-0.39, 0.29) is 5.41 Å². The number of halogens is 1. The molecule has 0 aliphatic carbocycles. The third-order valence-corrected chi connectivity index (χ3v) is 3.33. The number of nitrogens with one attached hydrogen (secondary N) is 1. The van der Waals surface area contributed by atoms with Gasteiger partial charge in [0.2, 0.25) is 0 Å². The van der Waals surface area contributed by atoms with Gasteiger partial charge in [-0.1, -0.05) is 32.4 Å². The van der Waals surface area contributed by atoms with Crippen LogP contribution in [0.2, 0.25) is 5.02 Å². The topological polar surface area (TPSA) is 29.9 Å². The quantitative estimate of drug-likeness (QED) is 0.792. The molecular formula is C13H24ClN3. The van der Waals surface area contributed by atoms with E-state index in [1.807, 2.05) is 4.68 Å². The molecule has 98 valence electrons. The summed E-state index contributed by atoms with van der Waals surface area (Å²) in [6, 6.07) is 0.343. The molecule has 1 N–H and O–H groups in total. The standard InChI is InChI=1S/C13H24ClN3/c1-6-15-8-7-13(4,5)12-11(14)9-16-17(12)10(2)3/h9-10,15H,6-8H2,1-5H3.